The minimum Gasteiger partial charge on any atom is -0.453 e. The van der Waals surface area contributed by atoms with E-state index in [1.165, 1.54) is 6.92 Å². The van der Waals surface area contributed by atoms with Gasteiger partial charge in [-0.2, -0.15) is 8.78 Å². The Kier molecular flexibility index (Phi) is 6.31. The highest BCUT2D eigenvalue weighted by Gasteiger charge is 2.31. The summed E-state index contributed by atoms with van der Waals surface area (Å²) < 4.78 is 73.0. The first kappa shape index (κ1) is 19.6. The maximum Gasteiger partial charge on any atom is 0.349 e. The lowest BCUT2D eigenvalue weighted by Crippen LogP contribution is -2.32. The normalized spacial score (nSPS) is 13.4. The summed E-state index contributed by atoms with van der Waals surface area (Å²) in [6.45, 7) is 2.16. The molecular weight excluding hydrogens is 442 g/mol. The Bertz CT molecular complexity index is 619. The molecule has 0 aromatic heterocycles. The molecule has 128 valence electrons. The monoisotopic (exact) mass is 452 g/mol. The fourth-order valence-electron chi connectivity index (χ4n) is 1.24. The Morgan fingerprint density at radius 1 is 1.00 bits per heavy atom. The molecule has 0 saturated heterocycles. The van der Waals surface area contributed by atoms with Crippen LogP contribution in [-0.4, -0.2) is 22.0 Å². The maximum atomic E-state index is 13.3. The van der Waals surface area contributed by atoms with Gasteiger partial charge < -0.3 is 9.47 Å². The van der Waals surface area contributed by atoms with Crippen LogP contribution < -0.4 is 4.74 Å². The zero-order valence-corrected chi connectivity index (χ0v) is 14.0. The molecule has 0 radical (unpaired) electrons. The first-order chi connectivity index (χ1) is 10.5. The average Bonchev–Trinajstić information content (AvgIpc) is 2.52. The van der Waals surface area contributed by atoms with Gasteiger partial charge in [0.2, 0.25) is 34.8 Å². The number of hydrogen-bond acceptors (Lipinski definition) is 4. The van der Waals surface area contributed by atoms with Crippen molar-refractivity contribution in [2.24, 2.45) is 0 Å². The SMILES string of the molecule is CCC(C)(I)C(=O)OCC(=O)Oc1c(F)c(F)c(F)c(F)c1F. The smallest absolute Gasteiger partial charge is 0.349 e. The summed E-state index contributed by atoms with van der Waals surface area (Å²) in [5, 5.41) is 0. The third-order valence-electron chi connectivity index (χ3n) is 2.80. The molecule has 0 aliphatic heterocycles. The summed E-state index contributed by atoms with van der Waals surface area (Å²) in [6.07, 6.45) is 0.374. The van der Waals surface area contributed by atoms with Crippen molar-refractivity contribution in [1.29, 1.82) is 0 Å². The van der Waals surface area contributed by atoms with Gasteiger partial charge in [0.05, 0.1) is 0 Å². The molecule has 1 aromatic carbocycles. The van der Waals surface area contributed by atoms with E-state index in [-0.39, 0.29) is 0 Å². The number of benzene rings is 1. The van der Waals surface area contributed by atoms with Crippen LogP contribution in [0.15, 0.2) is 0 Å². The molecule has 23 heavy (non-hydrogen) atoms. The summed E-state index contributed by atoms with van der Waals surface area (Å²) in [5.74, 6) is -15.5. The Hall–Kier alpha value is -1.46. The zero-order chi connectivity index (χ0) is 17.9. The Balaban J connectivity index is 2.86. The van der Waals surface area contributed by atoms with Gasteiger partial charge in [-0.3, -0.25) is 4.79 Å². The molecule has 0 fully saturated rings. The van der Waals surface area contributed by atoms with Crippen LogP contribution in [-0.2, 0) is 14.3 Å². The van der Waals surface area contributed by atoms with Gasteiger partial charge in [-0.1, -0.05) is 29.5 Å². The largest absolute Gasteiger partial charge is 0.453 e. The molecule has 1 aromatic rings. The molecule has 0 aliphatic rings. The van der Waals surface area contributed by atoms with E-state index in [4.69, 9.17) is 0 Å². The van der Waals surface area contributed by atoms with E-state index in [9.17, 15) is 31.5 Å². The number of hydrogen-bond donors (Lipinski definition) is 0. The van der Waals surface area contributed by atoms with E-state index in [2.05, 4.69) is 9.47 Å². The van der Waals surface area contributed by atoms with E-state index in [0.717, 1.165) is 0 Å². The van der Waals surface area contributed by atoms with Crippen molar-refractivity contribution >= 4 is 34.5 Å². The number of carbonyl (C=O) groups is 2. The predicted molar refractivity (Wildman–Crippen MR) is 75.5 cm³/mol. The minimum absolute atomic E-state index is 0.374. The second-order valence-corrected chi connectivity index (χ2v) is 6.88. The molecule has 0 spiro atoms. The first-order valence-corrected chi connectivity index (χ1v) is 7.19. The van der Waals surface area contributed by atoms with Crippen molar-refractivity contribution in [1.82, 2.24) is 0 Å². The fourth-order valence-corrected chi connectivity index (χ4v) is 1.39. The number of rotatable bonds is 5. The quantitative estimate of drug-likeness (QED) is 0.131. The lowest BCUT2D eigenvalue weighted by molar-refractivity contribution is -0.155. The van der Waals surface area contributed by atoms with Gasteiger partial charge in [-0.05, 0) is 13.3 Å². The fraction of sp³-hybridized carbons (Fsp3) is 0.385. The van der Waals surface area contributed by atoms with Crippen molar-refractivity contribution in [2.45, 2.75) is 23.7 Å². The number of halogens is 6. The van der Waals surface area contributed by atoms with Gasteiger partial charge in [-0.25, -0.2) is 18.0 Å². The van der Waals surface area contributed by atoms with E-state index >= 15 is 0 Å². The molecule has 4 nitrogen and oxygen atoms in total. The van der Waals surface area contributed by atoms with Gasteiger partial charge in [0, 0.05) is 0 Å². The van der Waals surface area contributed by atoms with E-state index in [0.29, 0.717) is 6.42 Å². The molecule has 1 unspecified atom stereocenters. The van der Waals surface area contributed by atoms with E-state index < -0.39 is 56.8 Å². The number of carbonyl (C=O) groups excluding carboxylic acids is 2. The van der Waals surface area contributed by atoms with Crippen molar-refractivity contribution < 1.29 is 41.0 Å². The highest BCUT2D eigenvalue weighted by Crippen LogP contribution is 2.29. The van der Waals surface area contributed by atoms with Crippen molar-refractivity contribution in [3.8, 4) is 5.75 Å². The molecular formula is C13H10F5IO4. The second kappa shape index (κ2) is 7.41. The summed E-state index contributed by atoms with van der Waals surface area (Å²) in [6, 6.07) is 0. The van der Waals surface area contributed by atoms with Crippen LogP contribution in [0.3, 0.4) is 0 Å². The van der Waals surface area contributed by atoms with Crippen LogP contribution >= 0.6 is 22.6 Å². The predicted octanol–water partition coefficient (Wildman–Crippen LogP) is 3.43. The third kappa shape index (κ3) is 4.30. The van der Waals surface area contributed by atoms with Crippen LogP contribution in [0.2, 0.25) is 0 Å². The summed E-state index contributed by atoms with van der Waals surface area (Å²) in [7, 11) is 0. The van der Waals surface area contributed by atoms with Crippen LogP contribution in [0.5, 0.6) is 5.75 Å². The Morgan fingerprint density at radius 2 is 1.43 bits per heavy atom. The first-order valence-electron chi connectivity index (χ1n) is 6.11. The van der Waals surface area contributed by atoms with Crippen LogP contribution in [0.1, 0.15) is 20.3 Å². The molecule has 0 aliphatic carbocycles. The molecule has 0 heterocycles. The molecule has 0 saturated carbocycles. The molecule has 0 amide bonds. The highest BCUT2D eigenvalue weighted by molar-refractivity contribution is 14.1. The summed E-state index contributed by atoms with van der Waals surface area (Å²) in [5.41, 5.74) is 0. The molecule has 10 heteroatoms. The number of alkyl halides is 1. The average molecular weight is 452 g/mol. The second-order valence-electron chi connectivity index (χ2n) is 4.50. The van der Waals surface area contributed by atoms with Crippen LogP contribution in [0.25, 0.3) is 0 Å². The lowest BCUT2D eigenvalue weighted by atomic mass is 10.1. The third-order valence-corrected chi connectivity index (χ3v) is 4.00. The van der Waals surface area contributed by atoms with Crippen molar-refractivity contribution in [3.63, 3.8) is 0 Å². The topological polar surface area (TPSA) is 52.6 Å². The lowest BCUT2D eigenvalue weighted by Gasteiger charge is -2.18. The zero-order valence-electron chi connectivity index (χ0n) is 11.8. The summed E-state index contributed by atoms with van der Waals surface area (Å²) >= 11 is 1.77. The van der Waals surface area contributed by atoms with Gasteiger partial charge in [0.15, 0.2) is 6.61 Å². The van der Waals surface area contributed by atoms with Gasteiger partial charge in [0.1, 0.15) is 3.42 Å². The van der Waals surface area contributed by atoms with E-state index in [1.807, 2.05) is 0 Å². The number of esters is 2. The highest BCUT2D eigenvalue weighted by atomic mass is 127. The van der Waals surface area contributed by atoms with Gasteiger partial charge in [0.25, 0.3) is 0 Å². The standard InChI is InChI=1S/C13H10F5IO4/c1-3-13(2,19)12(21)22-4-5(20)23-11-9(17)7(15)6(14)8(16)10(11)18/h3-4H2,1-2H3. The van der Waals surface area contributed by atoms with Crippen LogP contribution in [0.4, 0.5) is 22.0 Å². The van der Waals surface area contributed by atoms with Crippen LogP contribution in [0, 0.1) is 29.1 Å². The minimum atomic E-state index is -2.38. The number of ether oxygens (including phenoxy) is 2. The van der Waals surface area contributed by atoms with Crippen molar-refractivity contribution in [2.75, 3.05) is 6.61 Å². The summed E-state index contributed by atoms with van der Waals surface area (Å²) in [4.78, 5) is 23.0. The van der Waals surface area contributed by atoms with Gasteiger partial charge >= 0.3 is 11.9 Å². The van der Waals surface area contributed by atoms with Gasteiger partial charge in [-0.15, -0.1) is 0 Å². The molecule has 0 bridgehead atoms. The maximum absolute atomic E-state index is 13.3. The van der Waals surface area contributed by atoms with E-state index in [1.54, 1.807) is 29.5 Å². The molecule has 1 atom stereocenters. The Morgan fingerprint density at radius 3 is 1.87 bits per heavy atom. The molecule has 1 rings (SSSR count). The van der Waals surface area contributed by atoms with Crippen molar-refractivity contribution in [3.05, 3.63) is 29.1 Å². The molecule has 0 N–H and O–H groups in total. The Labute approximate surface area is 141 Å².